The summed E-state index contributed by atoms with van der Waals surface area (Å²) in [5.74, 6) is 0.785. The first-order valence-corrected chi connectivity index (χ1v) is 8.02. The minimum absolute atomic E-state index is 0. The summed E-state index contributed by atoms with van der Waals surface area (Å²) in [6, 6.07) is 15.8. The Morgan fingerprint density at radius 3 is 2.58 bits per heavy atom. The molecule has 130 valence electrons. The smallest absolute Gasteiger partial charge is 0.691 e. The minimum Gasteiger partial charge on any atom is -0.691 e. The average molecular weight is 382 g/mol. The molecule has 0 radical (unpaired) electrons. The number of anilines is 2. The molecular formula is C17H15N2NaO5S. The van der Waals surface area contributed by atoms with Crippen LogP contribution in [-0.2, 0) is 9.37 Å². The number of fused-ring (bicyclic) bond motifs is 1. The average Bonchev–Trinajstić information content (AvgIpc) is 2.61. The maximum Gasteiger partial charge on any atom is 1.00 e. The summed E-state index contributed by atoms with van der Waals surface area (Å²) in [6.07, 6.45) is 0. The molecule has 0 aliphatic heterocycles. The van der Waals surface area contributed by atoms with E-state index in [2.05, 4.69) is 14.7 Å². The first-order chi connectivity index (χ1) is 12.2. The molecular weight excluding hydrogens is 367 g/mol. The van der Waals surface area contributed by atoms with E-state index in [1.54, 1.807) is 36.4 Å². The molecule has 3 aromatic carbocycles. The van der Waals surface area contributed by atoms with Crippen molar-refractivity contribution >= 4 is 34.2 Å². The van der Waals surface area contributed by atoms with Gasteiger partial charge in [0.05, 0.1) is 12.0 Å². The first-order valence-electron chi connectivity index (χ1n) is 7.28. The number of hydrogen-bond donors (Lipinski definition) is 3. The van der Waals surface area contributed by atoms with E-state index in [0.717, 1.165) is 23.1 Å². The fourth-order valence-corrected chi connectivity index (χ4v) is 2.74. The Balaban J connectivity index is 0.00000243. The van der Waals surface area contributed by atoms with E-state index >= 15 is 0 Å². The van der Waals surface area contributed by atoms with Crippen LogP contribution in [0.3, 0.4) is 0 Å². The van der Waals surface area contributed by atoms with Crippen LogP contribution in [0.2, 0.25) is 0 Å². The van der Waals surface area contributed by atoms with Crippen LogP contribution in [0.4, 0.5) is 11.4 Å². The molecule has 0 heterocycles. The largest absolute Gasteiger partial charge is 1.00 e. The Kier molecular flexibility index (Phi) is 7.85. The van der Waals surface area contributed by atoms with Crippen LogP contribution in [0.1, 0.15) is 0 Å². The second-order valence-corrected chi connectivity index (χ2v) is 5.91. The van der Waals surface area contributed by atoms with Gasteiger partial charge in [0, 0.05) is 21.7 Å². The van der Waals surface area contributed by atoms with Crippen LogP contribution in [0.5, 0.6) is 11.5 Å². The molecule has 9 heteroatoms. The minimum atomic E-state index is 0. The molecule has 4 N–H and O–H groups in total. The molecule has 0 aliphatic carbocycles. The van der Waals surface area contributed by atoms with E-state index in [1.165, 1.54) is 6.07 Å². The molecule has 0 aromatic heterocycles. The summed E-state index contributed by atoms with van der Waals surface area (Å²) < 4.78 is 9.87. The van der Waals surface area contributed by atoms with Gasteiger partial charge in [0.25, 0.3) is 0 Å². The second-order valence-electron chi connectivity index (χ2n) is 5.13. The molecule has 0 saturated carbocycles. The van der Waals surface area contributed by atoms with Gasteiger partial charge in [-0.3, -0.25) is 5.04 Å². The van der Waals surface area contributed by atoms with Crippen molar-refractivity contribution in [2.24, 2.45) is 0 Å². The topological polar surface area (TPSA) is 109 Å². The normalized spacial score (nSPS) is 10.3. The van der Waals surface area contributed by atoms with Crippen LogP contribution in [0.15, 0.2) is 59.5 Å². The van der Waals surface area contributed by atoms with Gasteiger partial charge in [-0.15, -0.1) is 0 Å². The molecule has 0 bridgehead atoms. The number of benzene rings is 3. The fourth-order valence-electron chi connectivity index (χ4n) is 2.30. The third-order valence-corrected chi connectivity index (χ3v) is 4.01. The fraction of sp³-hybridized carbons (Fsp3) is 0.0588. The molecule has 3 aromatic rings. The van der Waals surface area contributed by atoms with E-state index in [0.29, 0.717) is 21.7 Å². The summed E-state index contributed by atoms with van der Waals surface area (Å²) in [5, 5.41) is 27.9. The predicted molar refractivity (Wildman–Crippen MR) is 93.6 cm³/mol. The molecule has 7 nitrogen and oxygen atoms in total. The first kappa shape index (κ1) is 20.7. The summed E-state index contributed by atoms with van der Waals surface area (Å²) in [7, 11) is 0. The number of phenolic OH excluding ortho intramolecular Hbond substituents is 1. The molecule has 26 heavy (non-hydrogen) atoms. The second kappa shape index (κ2) is 9.89. The van der Waals surface area contributed by atoms with Gasteiger partial charge in [-0.05, 0) is 60.0 Å². The number of rotatable bonds is 7. The van der Waals surface area contributed by atoms with Gasteiger partial charge < -0.3 is 26.2 Å². The Labute approximate surface area is 176 Å². The van der Waals surface area contributed by atoms with E-state index in [4.69, 9.17) is 10.5 Å². The number of aromatic hydroxyl groups is 1. The summed E-state index contributed by atoms with van der Waals surface area (Å²) in [4.78, 5) is 0.538. The number of ether oxygens (including phenoxy) is 1. The zero-order valence-corrected chi connectivity index (χ0v) is 16.8. The maximum absolute atomic E-state index is 10.0. The van der Waals surface area contributed by atoms with Crippen molar-refractivity contribution in [2.75, 3.05) is 17.8 Å². The number of hydrogen-bond acceptors (Lipinski definition) is 8. The van der Waals surface area contributed by atoms with Gasteiger partial charge in [0.2, 0.25) is 0 Å². The van der Waals surface area contributed by atoms with Gasteiger partial charge >= 0.3 is 29.6 Å². The van der Waals surface area contributed by atoms with Crippen LogP contribution in [-0.4, -0.2) is 11.8 Å². The zero-order chi connectivity index (χ0) is 17.6. The van der Waals surface area contributed by atoms with Crippen molar-refractivity contribution < 1.29 is 54.0 Å². The van der Waals surface area contributed by atoms with Crippen molar-refractivity contribution in [1.82, 2.24) is 0 Å². The third kappa shape index (κ3) is 5.42. The molecule has 0 fully saturated rings. The van der Waals surface area contributed by atoms with Crippen LogP contribution < -0.4 is 50.6 Å². The quantitative estimate of drug-likeness (QED) is 0.129. The Morgan fingerprint density at radius 2 is 1.85 bits per heavy atom. The number of nitrogen functional groups attached to an aromatic ring is 1. The molecule has 0 amide bonds. The van der Waals surface area contributed by atoms with E-state index in [1.807, 2.05) is 12.1 Å². The molecule has 0 spiro atoms. The van der Waals surface area contributed by atoms with E-state index in [9.17, 15) is 10.4 Å². The predicted octanol–water partition coefficient (Wildman–Crippen LogP) is -0.189. The Bertz CT molecular complexity index is 864. The molecule has 0 aliphatic rings. The summed E-state index contributed by atoms with van der Waals surface area (Å²) in [6.45, 7) is 0.267. The number of nitrogens with two attached hydrogens (primary N) is 1. The Morgan fingerprint density at radius 1 is 1.08 bits per heavy atom. The van der Waals surface area contributed by atoms with Crippen molar-refractivity contribution in [2.45, 2.75) is 4.90 Å². The van der Waals surface area contributed by atoms with Gasteiger partial charge in [-0.25, -0.2) is 0 Å². The van der Waals surface area contributed by atoms with Crippen molar-refractivity contribution in [3.05, 3.63) is 54.6 Å². The zero-order valence-electron chi connectivity index (χ0n) is 14.0. The van der Waals surface area contributed by atoms with Crippen molar-refractivity contribution in [3.8, 4) is 11.5 Å². The Hall–Kier alpha value is -1.65. The van der Waals surface area contributed by atoms with Gasteiger partial charge in [-0.2, -0.15) is 4.33 Å². The number of phenols is 1. The van der Waals surface area contributed by atoms with E-state index < -0.39 is 0 Å². The van der Waals surface area contributed by atoms with Gasteiger partial charge in [0.1, 0.15) is 11.5 Å². The van der Waals surface area contributed by atoms with Crippen LogP contribution >= 0.6 is 12.0 Å². The van der Waals surface area contributed by atoms with Crippen molar-refractivity contribution in [3.63, 3.8) is 0 Å². The summed E-state index contributed by atoms with van der Waals surface area (Å²) in [5.41, 5.74) is 7.11. The monoisotopic (exact) mass is 382 g/mol. The molecule has 0 atom stereocenters. The van der Waals surface area contributed by atoms with Gasteiger partial charge in [-0.1, -0.05) is 0 Å². The molecule has 3 rings (SSSR count). The number of nitrogens with one attached hydrogen (secondary N) is 1. The van der Waals surface area contributed by atoms with Crippen LogP contribution in [0, 0.1) is 0 Å². The molecule has 0 saturated heterocycles. The molecule has 0 unspecified atom stereocenters. The van der Waals surface area contributed by atoms with E-state index in [-0.39, 0.29) is 42.0 Å². The van der Waals surface area contributed by atoms with Gasteiger partial charge in [0.15, 0.2) is 6.73 Å². The maximum atomic E-state index is 10.0. The SMILES string of the molecule is Nc1ccc(OCNc2ccc3c(O)cc(SOO[O-])cc3c2)cc1.[Na+]. The van der Waals surface area contributed by atoms with Crippen LogP contribution in [0.25, 0.3) is 10.8 Å². The standard InChI is InChI=1S/C17H16N2O5S.Na/c18-12-1-4-14(5-2-12)22-10-19-13-3-6-16-11(7-13)8-15(9-17(16)20)25-24-23-21;/h1-9,19-21H,10,18H2;/q;+1/p-1. The third-order valence-electron chi connectivity index (χ3n) is 3.46. The van der Waals surface area contributed by atoms with Crippen molar-refractivity contribution in [1.29, 1.82) is 0 Å². The summed E-state index contributed by atoms with van der Waals surface area (Å²) >= 11 is 0.722.